The summed E-state index contributed by atoms with van der Waals surface area (Å²) in [6.45, 7) is 7.38. The van der Waals surface area contributed by atoms with Crippen molar-refractivity contribution in [2.24, 2.45) is 5.92 Å². The van der Waals surface area contributed by atoms with Gasteiger partial charge in [-0.1, -0.05) is 20.3 Å². The molecule has 2 rings (SSSR count). The van der Waals surface area contributed by atoms with Gasteiger partial charge in [-0.3, -0.25) is 0 Å². The third-order valence-corrected chi connectivity index (χ3v) is 4.90. The zero-order valence-corrected chi connectivity index (χ0v) is 13.4. The second-order valence-corrected chi connectivity index (χ2v) is 6.51. The maximum absolute atomic E-state index is 6.28. The summed E-state index contributed by atoms with van der Waals surface area (Å²) in [6, 6.07) is 0.557. The van der Waals surface area contributed by atoms with Crippen molar-refractivity contribution in [2.75, 3.05) is 19.8 Å². The normalized spacial score (nSPS) is 35.1. The molecule has 20 heavy (non-hydrogen) atoms. The SMILES string of the molecule is CCCNC1CCC(CC)CC1OCC1CCCCO1. The van der Waals surface area contributed by atoms with Crippen LogP contribution in [-0.2, 0) is 9.47 Å². The molecule has 1 aliphatic carbocycles. The fourth-order valence-electron chi connectivity index (χ4n) is 3.50. The Morgan fingerprint density at radius 1 is 1.15 bits per heavy atom. The molecule has 0 amide bonds. The van der Waals surface area contributed by atoms with Crippen LogP contribution in [0.5, 0.6) is 0 Å². The average molecular weight is 283 g/mol. The minimum absolute atomic E-state index is 0.345. The molecule has 0 bridgehead atoms. The summed E-state index contributed by atoms with van der Waals surface area (Å²) >= 11 is 0. The van der Waals surface area contributed by atoms with Gasteiger partial charge in [0.15, 0.2) is 0 Å². The highest BCUT2D eigenvalue weighted by molar-refractivity contribution is 4.85. The molecule has 1 saturated heterocycles. The van der Waals surface area contributed by atoms with E-state index in [4.69, 9.17) is 9.47 Å². The van der Waals surface area contributed by atoms with Crippen molar-refractivity contribution in [3.63, 3.8) is 0 Å². The van der Waals surface area contributed by atoms with E-state index in [0.29, 0.717) is 18.2 Å². The lowest BCUT2D eigenvalue weighted by Crippen LogP contribution is -2.46. The van der Waals surface area contributed by atoms with Gasteiger partial charge in [0.1, 0.15) is 0 Å². The first-order valence-corrected chi connectivity index (χ1v) is 8.80. The molecule has 0 aromatic carbocycles. The lowest BCUT2D eigenvalue weighted by Gasteiger charge is -2.37. The number of hydrogen-bond donors (Lipinski definition) is 1. The maximum atomic E-state index is 6.28. The van der Waals surface area contributed by atoms with E-state index >= 15 is 0 Å². The summed E-state index contributed by atoms with van der Waals surface area (Å²) in [5, 5.41) is 3.69. The zero-order chi connectivity index (χ0) is 14.2. The van der Waals surface area contributed by atoms with Gasteiger partial charge >= 0.3 is 0 Å². The van der Waals surface area contributed by atoms with Crippen molar-refractivity contribution >= 4 is 0 Å². The summed E-state index contributed by atoms with van der Waals surface area (Å²) in [6.07, 6.45) is 10.8. The topological polar surface area (TPSA) is 30.5 Å². The molecule has 3 nitrogen and oxygen atoms in total. The number of ether oxygens (including phenoxy) is 2. The van der Waals surface area contributed by atoms with Crippen LogP contribution in [0.1, 0.15) is 65.2 Å². The summed E-state index contributed by atoms with van der Waals surface area (Å²) < 4.78 is 12.1. The Labute approximate surface area is 124 Å². The van der Waals surface area contributed by atoms with Gasteiger partial charge in [-0.15, -0.1) is 0 Å². The fraction of sp³-hybridized carbons (Fsp3) is 1.00. The lowest BCUT2D eigenvalue weighted by molar-refractivity contribution is -0.0832. The van der Waals surface area contributed by atoms with Crippen LogP contribution >= 0.6 is 0 Å². The van der Waals surface area contributed by atoms with Gasteiger partial charge in [-0.2, -0.15) is 0 Å². The van der Waals surface area contributed by atoms with E-state index in [1.54, 1.807) is 0 Å². The molecule has 0 aromatic heterocycles. The summed E-state index contributed by atoms with van der Waals surface area (Å²) in [7, 11) is 0. The van der Waals surface area contributed by atoms with E-state index < -0.39 is 0 Å². The zero-order valence-electron chi connectivity index (χ0n) is 13.4. The standard InChI is InChI=1S/C17H33NO2/c1-3-10-18-16-9-8-14(4-2)12-17(16)20-13-15-7-5-6-11-19-15/h14-18H,3-13H2,1-2H3. The van der Waals surface area contributed by atoms with E-state index in [0.717, 1.165) is 25.7 Å². The summed E-state index contributed by atoms with van der Waals surface area (Å²) in [4.78, 5) is 0. The summed E-state index contributed by atoms with van der Waals surface area (Å²) in [5.74, 6) is 0.854. The monoisotopic (exact) mass is 283 g/mol. The maximum Gasteiger partial charge on any atom is 0.0808 e. The smallest absolute Gasteiger partial charge is 0.0808 e. The summed E-state index contributed by atoms with van der Waals surface area (Å²) in [5.41, 5.74) is 0. The molecule has 2 fully saturated rings. The first-order valence-electron chi connectivity index (χ1n) is 8.80. The molecule has 1 saturated carbocycles. The molecule has 3 heteroatoms. The predicted molar refractivity (Wildman–Crippen MR) is 83.0 cm³/mol. The van der Waals surface area contributed by atoms with Crippen LogP contribution in [0.15, 0.2) is 0 Å². The Morgan fingerprint density at radius 2 is 2.05 bits per heavy atom. The van der Waals surface area contributed by atoms with Crippen LogP contribution in [-0.4, -0.2) is 38.0 Å². The molecule has 1 N–H and O–H groups in total. The van der Waals surface area contributed by atoms with Crippen molar-refractivity contribution in [1.82, 2.24) is 5.32 Å². The van der Waals surface area contributed by atoms with Gasteiger partial charge in [0.25, 0.3) is 0 Å². The Hall–Kier alpha value is -0.120. The average Bonchev–Trinajstić information content (AvgIpc) is 2.52. The second kappa shape index (κ2) is 9.01. The van der Waals surface area contributed by atoms with Crippen LogP contribution < -0.4 is 5.32 Å². The Bertz CT molecular complexity index is 253. The third kappa shape index (κ3) is 5.01. The minimum Gasteiger partial charge on any atom is -0.376 e. The van der Waals surface area contributed by atoms with E-state index in [1.165, 1.54) is 51.4 Å². The van der Waals surface area contributed by atoms with Crippen molar-refractivity contribution < 1.29 is 9.47 Å². The molecule has 2 aliphatic rings. The van der Waals surface area contributed by atoms with Gasteiger partial charge in [0, 0.05) is 12.6 Å². The van der Waals surface area contributed by atoms with E-state index in [1.807, 2.05) is 0 Å². The predicted octanol–water partition coefficient (Wildman–Crippen LogP) is 3.52. The van der Waals surface area contributed by atoms with E-state index in [2.05, 4.69) is 19.2 Å². The Kier molecular flexibility index (Phi) is 7.32. The third-order valence-electron chi connectivity index (χ3n) is 4.90. The minimum atomic E-state index is 0.345. The molecular weight excluding hydrogens is 250 g/mol. The Balaban J connectivity index is 1.78. The van der Waals surface area contributed by atoms with Crippen molar-refractivity contribution in [1.29, 1.82) is 0 Å². The number of hydrogen-bond acceptors (Lipinski definition) is 3. The van der Waals surface area contributed by atoms with Crippen LogP contribution in [0.25, 0.3) is 0 Å². The van der Waals surface area contributed by atoms with Gasteiger partial charge in [-0.05, 0) is 57.4 Å². The number of rotatable bonds is 7. The highest BCUT2D eigenvalue weighted by Crippen LogP contribution is 2.29. The molecule has 0 aromatic rings. The molecule has 1 heterocycles. The number of nitrogens with one attached hydrogen (secondary N) is 1. The molecular formula is C17H33NO2. The molecule has 4 unspecified atom stereocenters. The molecule has 1 aliphatic heterocycles. The molecule has 118 valence electrons. The molecule has 0 spiro atoms. The van der Waals surface area contributed by atoms with E-state index in [9.17, 15) is 0 Å². The van der Waals surface area contributed by atoms with Crippen LogP contribution in [0, 0.1) is 5.92 Å². The van der Waals surface area contributed by atoms with E-state index in [-0.39, 0.29) is 0 Å². The van der Waals surface area contributed by atoms with Crippen molar-refractivity contribution in [3.05, 3.63) is 0 Å². The van der Waals surface area contributed by atoms with Gasteiger partial charge in [0.05, 0.1) is 18.8 Å². The fourth-order valence-corrected chi connectivity index (χ4v) is 3.50. The molecule has 0 radical (unpaired) electrons. The quantitative estimate of drug-likeness (QED) is 0.775. The Morgan fingerprint density at radius 3 is 2.75 bits per heavy atom. The lowest BCUT2D eigenvalue weighted by atomic mass is 9.82. The van der Waals surface area contributed by atoms with Crippen LogP contribution in [0.4, 0.5) is 0 Å². The van der Waals surface area contributed by atoms with Crippen molar-refractivity contribution in [2.45, 2.75) is 83.5 Å². The highest BCUT2D eigenvalue weighted by atomic mass is 16.5. The van der Waals surface area contributed by atoms with Gasteiger partial charge < -0.3 is 14.8 Å². The van der Waals surface area contributed by atoms with Crippen LogP contribution in [0.3, 0.4) is 0 Å². The largest absolute Gasteiger partial charge is 0.376 e. The first kappa shape index (κ1) is 16.3. The highest BCUT2D eigenvalue weighted by Gasteiger charge is 2.30. The first-order chi connectivity index (χ1) is 9.83. The molecule has 4 atom stereocenters. The second-order valence-electron chi connectivity index (χ2n) is 6.51. The van der Waals surface area contributed by atoms with Gasteiger partial charge in [-0.25, -0.2) is 0 Å². The van der Waals surface area contributed by atoms with Crippen molar-refractivity contribution in [3.8, 4) is 0 Å². The van der Waals surface area contributed by atoms with Gasteiger partial charge in [0.2, 0.25) is 0 Å². The van der Waals surface area contributed by atoms with Crippen LogP contribution in [0.2, 0.25) is 0 Å².